The average Bonchev–Trinajstić information content (AvgIpc) is 2.93. The first-order chi connectivity index (χ1) is 9.66. The molecule has 0 spiro atoms. The molecular formula is C15H20N2O3. The number of amides is 1. The topological polar surface area (TPSA) is 64.8 Å². The second-order valence-corrected chi connectivity index (χ2v) is 5.49. The second kappa shape index (κ2) is 5.32. The summed E-state index contributed by atoms with van der Waals surface area (Å²) in [5.41, 5.74) is 6.67. The number of benzene rings is 1. The molecule has 2 aliphatic heterocycles. The van der Waals surface area contributed by atoms with E-state index in [1.807, 2.05) is 11.8 Å². The lowest BCUT2D eigenvalue weighted by Crippen LogP contribution is -2.51. The molecule has 1 aromatic carbocycles. The van der Waals surface area contributed by atoms with Crippen molar-refractivity contribution in [1.29, 1.82) is 0 Å². The van der Waals surface area contributed by atoms with E-state index in [1.54, 1.807) is 18.2 Å². The quantitative estimate of drug-likeness (QED) is 0.894. The SMILES string of the molecule is CC(N)C1CCCCN1C(=O)c1ccc2c(c1)OCO2. The molecule has 5 heteroatoms. The Balaban J connectivity index is 1.83. The number of nitrogens with zero attached hydrogens (tertiary/aromatic N) is 1. The van der Waals surface area contributed by atoms with Crippen molar-refractivity contribution in [3.05, 3.63) is 23.8 Å². The average molecular weight is 276 g/mol. The molecule has 1 saturated heterocycles. The van der Waals surface area contributed by atoms with Gasteiger partial charge in [-0.25, -0.2) is 0 Å². The van der Waals surface area contributed by atoms with Crippen LogP contribution in [0, 0.1) is 0 Å². The molecule has 2 heterocycles. The van der Waals surface area contributed by atoms with Crippen LogP contribution in [0.2, 0.25) is 0 Å². The van der Waals surface area contributed by atoms with E-state index in [0.29, 0.717) is 17.1 Å². The monoisotopic (exact) mass is 276 g/mol. The zero-order valence-electron chi connectivity index (χ0n) is 11.7. The van der Waals surface area contributed by atoms with E-state index >= 15 is 0 Å². The third-order valence-corrected chi connectivity index (χ3v) is 4.04. The van der Waals surface area contributed by atoms with Crippen molar-refractivity contribution < 1.29 is 14.3 Å². The first-order valence-electron chi connectivity index (χ1n) is 7.13. The summed E-state index contributed by atoms with van der Waals surface area (Å²) in [6.45, 7) is 2.97. The van der Waals surface area contributed by atoms with Gasteiger partial charge in [0.15, 0.2) is 11.5 Å². The molecule has 3 rings (SSSR count). The molecule has 0 aromatic heterocycles. The first kappa shape index (κ1) is 13.2. The van der Waals surface area contributed by atoms with E-state index < -0.39 is 0 Å². The Kier molecular flexibility index (Phi) is 3.53. The summed E-state index contributed by atoms with van der Waals surface area (Å²) in [4.78, 5) is 14.6. The van der Waals surface area contributed by atoms with Crippen LogP contribution in [0.5, 0.6) is 11.5 Å². The predicted octanol–water partition coefficient (Wildman–Crippen LogP) is 1.76. The summed E-state index contributed by atoms with van der Waals surface area (Å²) < 4.78 is 10.6. The van der Waals surface area contributed by atoms with Crippen LogP contribution in [-0.4, -0.2) is 36.2 Å². The number of carbonyl (C=O) groups excluding carboxylic acids is 1. The molecule has 0 bridgehead atoms. The van der Waals surface area contributed by atoms with E-state index in [2.05, 4.69) is 0 Å². The van der Waals surface area contributed by atoms with E-state index in [-0.39, 0.29) is 24.8 Å². The molecule has 1 aromatic rings. The minimum Gasteiger partial charge on any atom is -0.454 e. The summed E-state index contributed by atoms with van der Waals surface area (Å²) in [6, 6.07) is 5.47. The van der Waals surface area contributed by atoms with Gasteiger partial charge in [0.25, 0.3) is 5.91 Å². The Morgan fingerprint density at radius 3 is 2.95 bits per heavy atom. The third-order valence-electron chi connectivity index (χ3n) is 4.04. The Hall–Kier alpha value is -1.75. The van der Waals surface area contributed by atoms with Crippen LogP contribution < -0.4 is 15.2 Å². The largest absolute Gasteiger partial charge is 0.454 e. The fourth-order valence-corrected chi connectivity index (χ4v) is 2.95. The maximum Gasteiger partial charge on any atom is 0.254 e. The molecule has 5 nitrogen and oxygen atoms in total. The summed E-state index contributed by atoms with van der Waals surface area (Å²) in [5, 5.41) is 0. The number of hydrogen-bond acceptors (Lipinski definition) is 4. The summed E-state index contributed by atoms with van der Waals surface area (Å²) in [5.74, 6) is 1.37. The van der Waals surface area contributed by atoms with Crippen molar-refractivity contribution in [2.45, 2.75) is 38.3 Å². The van der Waals surface area contributed by atoms with Crippen LogP contribution in [0.3, 0.4) is 0 Å². The van der Waals surface area contributed by atoms with Gasteiger partial charge in [0, 0.05) is 24.2 Å². The molecule has 0 saturated carbocycles. The van der Waals surface area contributed by atoms with Crippen LogP contribution in [0.25, 0.3) is 0 Å². The van der Waals surface area contributed by atoms with Crippen LogP contribution in [0.15, 0.2) is 18.2 Å². The molecular weight excluding hydrogens is 256 g/mol. The van der Waals surface area contributed by atoms with Crippen molar-refractivity contribution in [1.82, 2.24) is 4.90 Å². The number of likely N-dealkylation sites (tertiary alicyclic amines) is 1. The maximum absolute atomic E-state index is 12.7. The first-order valence-corrected chi connectivity index (χ1v) is 7.13. The fourth-order valence-electron chi connectivity index (χ4n) is 2.95. The number of hydrogen-bond donors (Lipinski definition) is 1. The zero-order valence-corrected chi connectivity index (χ0v) is 11.7. The molecule has 108 valence electrons. The number of piperidine rings is 1. The van der Waals surface area contributed by atoms with Crippen molar-refractivity contribution in [3.63, 3.8) is 0 Å². The number of carbonyl (C=O) groups is 1. The molecule has 2 atom stereocenters. The van der Waals surface area contributed by atoms with E-state index in [1.165, 1.54) is 0 Å². The summed E-state index contributed by atoms with van der Waals surface area (Å²) in [6.07, 6.45) is 3.16. The van der Waals surface area contributed by atoms with Gasteiger partial charge in [-0.1, -0.05) is 0 Å². The lowest BCUT2D eigenvalue weighted by Gasteiger charge is -2.38. The van der Waals surface area contributed by atoms with Crippen molar-refractivity contribution in [2.24, 2.45) is 5.73 Å². The molecule has 2 N–H and O–H groups in total. The molecule has 1 fully saturated rings. The highest BCUT2D eigenvalue weighted by molar-refractivity contribution is 5.95. The molecule has 0 aliphatic carbocycles. The highest BCUT2D eigenvalue weighted by Crippen LogP contribution is 2.33. The smallest absolute Gasteiger partial charge is 0.254 e. The lowest BCUT2D eigenvalue weighted by molar-refractivity contribution is 0.0583. The zero-order chi connectivity index (χ0) is 14.1. The third kappa shape index (κ3) is 2.33. The lowest BCUT2D eigenvalue weighted by atomic mass is 9.96. The predicted molar refractivity (Wildman–Crippen MR) is 74.9 cm³/mol. The number of rotatable bonds is 2. The van der Waals surface area contributed by atoms with E-state index in [0.717, 1.165) is 25.8 Å². The molecule has 2 aliphatic rings. The van der Waals surface area contributed by atoms with Gasteiger partial charge in [0.05, 0.1) is 0 Å². The molecule has 2 unspecified atom stereocenters. The normalized spacial score (nSPS) is 22.7. The van der Waals surface area contributed by atoms with Crippen LogP contribution in [0.4, 0.5) is 0 Å². The Morgan fingerprint density at radius 1 is 1.35 bits per heavy atom. The molecule has 0 radical (unpaired) electrons. The van der Waals surface area contributed by atoms with Gasteiger partial charge < -0.3 is 20.1 Å². The molecule has 1 amide bonds. The maximum atomic E-state index is 12.7. The number of ether oxygens (including phenoxy) is 2. The van der Waals surface area contributed by atoms with Crippen molar-refractivity contribution >= 4 is 5.91 Å². The van der Waals surface area contributed by atoms with Crippen molar-refractivity contribution in [3.8, 4) is 11.5 Å². The summed E-state index contributed by atoms with van der Waals surface area (Å²) >= 11 is 0. The van der Waals surface area contributed by atoms with Gasteiger partial charge in [-0.3, -0.25) is 4.79 Å². The number of fused-ring (bicyclic) bond motifs is 1. The van der Waals surface area contributed by atoms with Gasteiger partial charge in [-0.2, -0.15) is 0 Å². The minimum atomic E-state index is -0.00624. The van der Waals surface area contributed by atoms with E-state index in [4.69, 9.17) is 15.2 Å². The highest BCUT2D eigenvalue weighted by Gasteiger charge is 2.30. The van der Waals surface area contributed by atoms with Crippen LogP contribution >= 0.6 is 0 Å². The van der Waals surface area contributed by atoms with Gasteiger partial charge in [0.2, 0.25) is 6.79 Å². The van der Waals surface area contributed by atoms with Crippen LogP contribution in [-0.2, 0) is 0 Å². The van der Waals surface area contributed by atoms with Gasteiger partial charge in [0.1, 0.15) is 0 Å². The Morgan fingerprint density at radius 2 is 2.15 bits per heavy atom. The Labute approximate surface area is 118 Å². The Bertz CT molecular complexity index is 516. The number of nitrogens with two attached hydrogens (primary N) is 1. The van der Waals surface area contributed by atoms with E-state index in [9.17, 15) is 4.79 Å². The van der Waals surface area contributed by atoms with Gasteiger partial charge in [-0.15, -0.1) is 0 Å². The van der Waals surface area contributed by atoms with Gasteiger partial charge >= 0.3 is 0 Å². The van der Waals surface area contributed by atoms with Crippen molar-refractivity contribution in [2.75, 3.05) is 13.3 Å². The van der Waals surface area contributed by atoms with Gasteiger partial charge in [-0.05, 0) is 44.4 Å². The fraction of sp³-hybridized carbons (Fsp3) is 0.533. The highest BCUT2D eigenvalue weighted by atomic mass is 16.7. The summed E-state index contributed by atoms with van der Waals surface area (Å²) in [7, 11) is 0. The standard InChI is InChI=1S/C15H20N2O3/c1-10(16)12-4-2-3-7-17(12)15(18)11-5-6-13-14(8-11)20-9-19-13/h5-6,8,10,12H,2-4,7,9,16H2,1H3. The minimum absolute atomic E-state index is 0.00624. The van der Waals surface area contributed by atoms with Crippen LogP contribution in [0.1, 0.15) is 36.5 Å². The second-order valence-electron chi connectivity index (χ2n) is 5.49. The molecule has 20 heavy (non-hydrogen) atoms.